The number of halogens is 1. The highest BCUT2D eigenvalue weighted by molar-refractivity contribution is 5.85. The van der Waals surface area contributed by atoms with Gasteiger partial charge in [0, 0.05) is 25.0 Å². The summed E-state index contributed by atoms with van der Waals surface area (Å²) in [4.78, 5) is 14.5. The van der Waals surface area contributed by atoms with Crippen molar-refractivity contribution < 1.29 is 4.79 Å². The molecule has 2 atom stereocenters. The predicted molar refractivity (Wildman–Crippen MR) is 89.4 cm³/mol. The van der Waals surface area contributed by atoms with Crippen molar-refractivity contribution in [2.24, 2.45) is 11.7 Å². The highest BCUT2D eigenvalue weighted by Crippen LogP contribution is 2.25. The van der Waals surface area contributed by atoms with Gasteiger partial charge in [0.1, 0.15) is 0 Å². The maximum Gasteiger partial charge on any atom is 0.224 e. The fourth-order valence-corrected chi connectivity index (χ4v) is 3.08. The van der Waals surface area contributed by atoms with Crippen molar-refractivity contribution in [2.45, 2.75) is 51.6 Å². The molecular weight excluding hydrogens is 284 g/mol. The van der Waals surface area contributed by atoms with Gasteiger partial charge in [-0.05, 0) is 30.7 Å². The summed E-state index contributed by atoms with van der Waals surface area (Å²) in [6.07, 6.45) is 3.79. The van der Waals surface area contributed by atoms with E-state index in [9.17, 15) is 4.79 Å². The Hall–Kier alpha value is -1.06. The van der Waals surface area contributed by atoms with Crippen LogP contribution in [-0.2, 0) is 4.79 Å². The molecule has 1 amide bonds. The maximum atomic E-state index is 12.5. The number of nitrogens with two attached hydrogens (primary N) is 1. The Bertz CT molecular complexity index is 436. The molecular formula is C17H27ClN2O. The molecule has 3 nitrogen and oxygen atoms in total. The summed E-state index contributed by atoms with van der Waals surface area (Å²) in [6.45, 7) is 5.34. The quantitative estimate of drug-likeness (QED) is 0.904. The topological polar surface area (TPSA) is 46.3 Å². The van der Waals surface area contributed by atoms with Gasteiger partial charge in [-0.15, -0.1) is 12.4 Å². The van der Waals surface area contributed by atoms with Crippen LogP contribution in [-0.4, -0.2) is 23.4 Å². The number of likely N-dealkylation sites (tertiary alicyclic amines) is 1. The second-order valence-electron chi connectivity index (χ2n) is 6.23. The number of benzene rings is 1. The lowest BCUT2D eigenvalue weighted by atomic mass is 10.0. The minimum Gasteiger partial charge on any atom is -0.340 e. The fraction of sp³-hybridized carbons (Fsp3) is 0.588. The number of rotatable bonds is 5. The monoisotopic (exact) mass is 310 g/mol. The van der Waals surface area contributed by atoms with Gasteiger partial charge in [0.25, 0.3) is 0 Å². The van der Waals surface area contributed by atoms with Crippen molar-refractivity contribution in [1.82, 2.24) is 4.90 Å². The van der Waals surface area contributed by atoms with Gasteiger partial charge in [-0.3, -0.25) is 4.79 Å². The van der Waals surface area contributed by atoms with Crippen molar-refractivity contribution in [1.29, 1.82) is 0 Å². The lowest BCUT2D eigenvalue weighted by molar-refractivity contribution is -0.132. The molecule has 1 aromatic rings. The van der Waals surface area contributed by atoms with Crippen molar-refractivity contribution >= 4 is 18.3 Å². The average Bonchev–Trinajstić information content (AvgIpc) is 2.87. The minimum absolute atomic E-state index is 0. The molecule has 0 aromatic heterocycles. The third-order valence-electron chi connectivity index (χ3n) is 4.06. The molecule has 1 heterocycles. The van der Waals surface area contributed by atoms with E-state index in [1.165, 1.54) is 0 Å². The van der Waals surface area contributed by atoms with E-state index in [1.54, 1.807) is 0 Å². The van der Waals surface area contributed by atoms with E-state index in [-0.39, 0.29) is 24.4 Å². The molecule has 118 valence electrons. The first-order valence-corrected chi connectivity index (χ1v) is 7.68. The van der Waals surface area contributed by atoms with Gasteiger partial charge >= 0.3 is 0 Å². The van der Waals surface area contributed by atoms with Crippen LogP contribution in [0.2, 0.25) is 0 Å². The van der Waals surface area contributed by atoms with Crippen molar-refractivity contribution in [3.05, 3.63) is 35.9 Å². The second-order valence-corrected chi connectivity index (χ2v) is 6.23. The van der Waals surface area contributed by atoms with Crippen LogP contribution in [0.5, 0.6) is 0 Å². The predicted octanol–water partition coefficient (Wildman–Crippen LogP) is 3.54. The maximum absolute atomic E-state index is 12.5. The van der Waals surface area contributed by atoms with Gasteiger partial charge < -0.3 is 10.6 Å². The molecule has 0 spiro atoms. The molecule has 1 aromatic carbocycles. The highest BCUT2D eigenvalue weighted by Gasteiger charge is 2.29. The molecule has 0 aliphatic carbocycles. The molecule has 0 radical (unpaired) electrons. The molecule has 4 heteroatoms. The van der Waals surface area contributed by atoms with E-state index in [0.29, 0.717) is 18.4 Å². The molecule has 0 saturated carbocycles. The smallest absolute Gasteiger partial charge is 0.224 e. The molecule has 1 aliphatic rings. The number of hydrogen-bond acceptors (Lipinski definition) is 2. The van der Waals surface area contributed by atoms with Crippen LogP contribution in [0.3, 0.4) is 0 Å². The zero-order chi connectivity index (χ0) is 14.5. The van der Waals surface area contributed by atoms with Crippen molar-refractivity contribution in [3.63, 3.8) is 0 Å². The molecule has 21 heavy (non-hydrogen) atoms. The zero-order valence-electron chi connectivity index (χ0n) is 13.0. The normalized spacial score (nSPS) is 19.4. The molecule has 1 aliphatic heterocycles. The van der Waals surface area contributed by atoms with E-state index in [2.05, 4.69) is 18.7 Å². The van der Waals surface area contributed by atoms with E-state index in [4.69, 9.17) is 5.73 Å². The van der Waals surface area contributed by atoms with Crippen molar-refractivity contribution in [3.8, 4) is 0 Å². The number of hydrogen-bond donors (Lipinski definition) is 1. The SMILES string of the molecule is CC(C)CC1CCCN1C(=O)CC(N)c1ccccc1.Cl. The molecule has 2 rings (SSSR count). The van der Waals surface area contributed by atoms with E-state index >= 15 is 0 Å². The summed E-state index contributed by atoms with van der Waals surface area (Å²) >= 11 is 0. The van der Waals surface area contributed by atoms with E-state index in [0.717, 1.165) is 31.4 Å². The molecule has 1 saturated heterocycles. The van der Waals surface area contributed by atoms with Gasteiger partial charge in [0.15, 0.2) is 0 Å². The van der Waals surface area contributed by atoms with E-state index in [1.807, 2.05) is 30.3 Å². The van der Waals surface area contributed by atoms with Crippen LogP contribution >= 0.6 is 12.4 Å². The first-order valence-electron chi connectivity index (χ1n) is 7.68. The van der Waals surface area contributed by atoms with Crippen LogP contribution in [0, 0.1) is 5.92 Å². The van der Waals surface area contributed by atoms with E-state index < -0.39 is 0 Å². The molecule has 2 unspecified atom stereocenters. The van der Waals surface area contributed by atoms with Crippen LogP contribution in [0.15, 0.2) is 30.3 Å². The molecule has 2 N–H and O–H groups in total. The summed E-state index contributed by atoms with van der Waals surface area (Å²) in [5.41, 5.74) is 7.20. The second kappa shape index (κ2) is 8.40. The van der Waals surface area contributed by atoms with Gasteiger partial charge in [0.2, 0.25) is 5.91 Å². The standard InChI is InChI=1S/C17H26N2O.ClH/c1-13(2)11-15-9-6-10-19(15)17(20)12-16(18)14-7-4-3-5-8-14;/h3-5,7-8,13,15-16H,6,9-12,18H2,1-2H3;1H. The Morgan fingerprint density at radius 2 is 2.00 bits per heavy atom. The van der Waals surface area contributed by atoms with Gasteiger partial charge in [-0.25, -0.2) is 0 Å². The number of carbonyl (C=O) groups excluding carboxylic acids is 1. The average molecular weight is 311 g/mol. The van der Waals surface area contributed by atoms with Gasteiger partial charge in [-0.1, -0.05) is 44.2 Å². The largest absolute Gasteiger partial charge is 0.340 e. The number of amides is 1. The van der Waals surface area contributed by atoms with Crippen LogP contribution in [0.4, 0.5) is 0 Å². The lowest BCUT2D eigenvalue weighted by Crippen LogP contribution is -2.37. The first kappa shape index (κ1) is 18.0. The van der Waals surface area contributed by atoms with Crippen molar-refractivity contribution in [2.75, 3.05) is 6.54 Å². The fourth-order valence-electron chi connectivity index (χ4n) is 3.08. The Kier molecular flexibility index (Phi) is 7.20. The number of carbonyl (C=O) groups is 1. The third kappa shape index (κ3) is 5.01. The van der Waals surface area contributed by atoms with Crippen LogP contribution in [0.25, 0.3) is 0 Å². The van der Waals surface area contributed by atoms with Crippen LogP contribution in [0.1, 0.15) is 51.1 Å². The minimum atomic E-state index is -0.191. The molecule has 0 bridgehead atoms. The third-order valence-corrected chi connectivity index (χ3v) is 4.06. The van der Waals surface area contributed by atoms with Gasteiger partial charge in [-0.2, -0.15) is 0 Å². The summed E-state index contributed by atoms with van der Waals surface area (Å²) in [5.74, 6) is 0.848. The Labute approximate surface area is 134 Å². The molecule has 1 fully saturated rings. The number of nitrogens with zero attached hydrogens (tertiary/aromatic N) is 1. The Balaban J connectivity index is 0.00000220. The summed E-state index contributed by atoms with van der Waals surface area (Å²) in [6, 6.07) is 10.1. The Morgan fingerprint density at radius 3 is 2.62 bits per heavy atom. The van der Waals surface area contributed by atoms with Gasteiger partial charge in [0.05, 0.1) is 0 Å². The van der Waals surface area contributed by atoms with Crippen LogP contribution < -0.4 is 5.73 Å². The first-order chi connectivity index (χ1) is 9.58. The summed E-state index contributed by atoms with van der Waals surface area (Å²) in [7, 11) is 0. The zero-order valence-corrected chi connectivity index (χ0v) is 13.8. The summed E-state index contributed by atoms with van der Waals surface area (Å²) in [5, 5.41) is 0. The lowest BCUT2D eigenvalue weighted by Gasteiger charge is -2.27. The highest BCUT2D eigenvalue weighted by atomic mass is 35.5. The Morgan fingerprint density at radius 1 is 1.33 bits per heavy atom. The summed E-state index contributed by atoms with van der Waals surface area (Å²) < 4.78 is 0.